The van der Waals surface area contributed by atoms with Gasteiger partial charge in [0.15, 0.2) is 5.96 Å². The first-order valence-corrected chi connectivity index (χ1v) is 8.91. The maximum Gasteiger partial charge on any atom is 0.243 e. The molecule has 1 heterocycles. The fourth-order valence-electron chi connectivity index (χ4n) is 2.75. The van der Waals surface area contributed by atoms with Crippen molar-refractivity contribution in [1.82, 2.24) is 15.1 Å². The van der Waals surface area contributed by atoms with Gasteiger partial charge in [-0.25, -0.2) is 4.99 Å². The van der Waals surface area contributed by atoms with E-state index in [0.717, 1.165) is 31.2 Å². The molecular weight excluding hydrogens is 443 g/mol. The van der Waals surface area contributed by atoms with Crippen LogP contribution in [0.2, 0.25) is 0 Å². The van der Waals surface area contributed by atoms with Crippen LogP contribution in [0.4, 0.5) is 0 Å². The van der Waals surface area contributed by atoms with Gasteiger partial charge in [0, 0.05) is 33.2 Å². The highest BCUT2D eigenvalue weighted by atomic mass is 127. The molecule has 0 spiro atoms. The van der Waals surface area contributed by atoms with Gasteiger partial charge in [-0.2, -0.15) is 0 Å². The van der Waals surface area contributed by atoms with E-state index < -0.39 is 0 Å². The van der Waals surface area contributed by atoms with E-state index in [2.05, 4.69) is 41.2 Å². The molecule has 7 heteroatoms. The Hall–Kier alpha value is -1.51. The highest BCUT2D eigenvalue weighted by Gasteiger charge is 2.20. The van der Waals surface area contributed by atoms with Crippen molar-refractivity contribution in [2.24, 2.45) is 4.99 Å². The Labute approximate surface area is 174 Å². The smallest absolute Gasteiger partial charge is 0.243 e. The fourth-order valence-corrected chi connectivity index (χ4v) is 2.75. The zero-order valence-electron chi connectivity index (χ0n) is 16.4. The summed E-state index contributed by atoms with van der Waals surface area (Å²) in [6.45, 7) is 8.66. The molecule has 2 rings (SSSR count). The van der Waals surface area contributed by atoms with Crippen molar-refractivity contribution in [3.05, 3.63) is 29.3 Å². The van der Waals surface area contributed by atoms with E-state index in [9.17, 15) is 4.79 Å². The number of halogens is 1. The number of hydrogen-bond donors (Lipinski definition) is 1. The number of carbonyl (C=O) groups excluding carboxylic acids is 1. The lowest BCUT2D eigenvalue weighted by Crippen LogP contribution is -2.46. The predicted octanol–water partition coefficient (Wildman–Crippen LogP) is 2.50. The van der Waals surface area contributed by atoms with Crippen molar-refractivity contribution >= 4 is 35.8 Å². The molecule has 0 aliphatic carbocycles. The summed E-state index contributed by atoms with van der Waals surface area (Å²) < 4.78 is 5.59. The molecule has 0 aromatic heterocycles. The van der Waals surface area contributed by atoms with Crippen LogP contribution in [-0.2, 0) is 17.8 Å². The Morgan fingerprint density at radius 2 is 2.08 bits per heavy atom. The van der Waals surface area contributed by atoms with Crippen LogP contribution in [0.15, 0.2) is 23.2 Å². The standard InChI is InChI=1S/C19H30N4O2.HI/c1-6-25-17-8-7-16-13-23(10-9-15(16)11-17)19(21-14(2)3)20-12-18(24)22(4)5;/h7-8,11,14H,6,9-10,12-13H2,1-5H3,(H,20,21);1H. The number of ether oxygens (including phenoxy) is 1. The second kappa shape index (κ2) is 10.6. The maximum atomic E-state index is 11.9. The topological polar surface area (TPSA) is 57.2 Å². The van der Waals surface area contributed by atoms with Crippen LogP contribution in [-0.4, -0.2) is 61.5 Å². The highest BCUT2D eigenvalue weighted by molar-refractivity contribution is 14.0. The molecule has 1 aromatic rings. The number of amides is 1. The second-order valence-corrected chi connectivity index (χ2v) is 6.76. The molecule has 0 unspecified atom stereocenters. The minimum atomic E-state index is 0. The molecule has 1 N–H and O–H groups in total. The van der Waals surface area contributed by atoms with E-state index in [1.165, 1.54) is 11.1 Å². The van der Waals surface area contributed by atoms with Gasteiger partial charge in [0.25, 0.3) is 0 Å². The summed E-state index contributed by atoms with van der Waals surface area (Å²) in [4.78, 5) is 20.2. The predicted molar refractivity (Wildman–Crippen MR) is 116 cm³/mol. The SMILES string of the molecule is CCOc1ccc2c(c1)CCN(C(=NCC(=O)N(C)C)NC(C)C)C2.I. The largest absolute Gasteiger partial charge is 0.494 e. The number of rotatable bonds is 5. The van der Waals surface area contributed by atoms with Gasteiger partial charge in [-0.15, -0.1) is 24.0 Å². The van der Waals surface area contributed by atoms with Gasteiger partial charge in [0.2, 0.25) is 5.91 Å². The second-order valence-electron chi connectivity index (χ2n) is 6.76. The molecule has 6 nitrogen and oxygen atoms in total. The third kappa shape index (κ3) is 6.34. The van der Waals surface area contributed by atoms with Crippen LogP contribution in [0.5, 0.6) is 5.75 Å². The molecule has 0 radical (unpaired) electrons. The monoisotopic (exact) mass is 474 g/mol. The lowest BCUT2D eigenvalue weighted by Gasteiger charge is -2.33. The van der Waals surface area contributed by atoms with Crippen molar-refractivity contribution in [2.75, 3.05) is 33.8 Å². The van der Waals surface area contributed by atoms with E-state index >= 15 is 0 Å². The third-order valence-corrected chi connectivity index (χ3v) is 4.08. The van der Waals surface area contributed by atoms with Crippen LogP contribution in [0.3, 0.4) is 0 Å². The fraction of sp³-hybridized carbons (Fsp3) is 0.579. The Kier molecular flexibility index (Phi) is 9.18. The number of nitrogens with one attached hydrogen (secondary N) is 1. The summed E-state index contributed by atoms with van der Waals surface area (Å²) in [5.41, 5.74) is 2.61. The summed E-state index contributed by atoms with van der Waals surface area (Å²) in [5.74, 6) is 1.73. The van der Waals surface area contributed by atoms with E-state index in [1.54, 1.807) is 19.0 Å². The number of guanidine groups is 1. The lowest BCUT2D eigenvalue weighted by atomic mass is 9.99. The number of likely N-dealkylation sites (N-methyl/N-ethyl adjacent to an activating group) is 1. The first-order chi connectivity index (χ1) is 11.9. The molecule has 0 fully saturated rings. The Bertz CT molecular complexity index is 632. The zero-order valence-corrected chi connectivity index (χ0v) is 18.7. The normalized spacial score (nSPS) is 13.8. The van der Waals surface area contributed by atoms with Gasteiger partial charge in [-0.05, 0) is 50.5 Å². The number of hydrogen-bond acceptors (Lipinski definition) is 3. The Morgan fingerprint density at radius 1 is 1.35 bits per heavy atom. The molecule has 0 atom stereocenters. The van der Waals surface area contributed by atoms with Crippen LogP contribution in [0.25, 0.3) is 0 Å². The van der Waals surface area contributed by atoms with Crippen LogP contribution < -0.4 is 10.1 Å². The molecule has 1 aliphatic heterocycles. The molecule has 1 aromatic carbocycles. The van der Waals surface area contributed by atoms with E-state index in [0.29, 0.717) is 6.61 Å². The van der Waals surface area contributed by atoms with Crippen LogP contribution in [0, 0.1) is 0 Å². The van der Waals surface area contributed by atoms with Crippen LogP contribution >= 0.6 is 24.0 Å². The molecule has 1 amide bonds. The number of benzene rings is 1. The van der Waals surface area contributed by atoms with E-state index in [4.69, 9.17) is 4.74 Å². The molecule has 146 valence electrons. The lowest BCUT2D eigenvalue weighted by molar-refractivity contribution is -0.127. The Balaban J connectivity index is 0.00000338. The number of aliphatic imine (C=N–C) groups is 1. The minimum Gasteiger partial charge on any atom is -0.494 e. The van der Waals surface area contributed by atoms with Crippen molar-refractivity contribution < 1.29 is 9.53 Å². The third-order valence-electron chi connectivity index (χ3n) is 4.08. The summed E-state index contributed by atoms with van der Waals surface area (Å²) in [5, 5.41) is 3.39. The van der Waals surface area contributed by atoms with Crippen LogP contribution in [0.1, 0.15) is 31.9 Å². The van der Waals surface area contributed by atoms with Gasteiger partial charge in [0.05, 0.1) is 6.61 Å². The highest BCUT2D eigenvalue weighted by Crippen LogP contribution is 2.24. The van der Waals surface area contributed by atoms with Gasteiger partial charge in [-0.3, -0.25) is 4.79 Å². The molecule has 0 bridgehead atoms. The van der Waals surface area contributed by atoms with E-state index in [1.807, 2.05) is 13.0 Å². The maximum absolute atomic E-state index is 11.9. The summed E-state index contributed by atoms with van der Waals surface area (Å²) in [6.07, 6.45) is 0.941. The number of carbonyl (C=O) groups is 1. The van der Waals surface area contributed by atoms with Gasteiger partial charge >= 0.3 is 0 Å². The van der Waals surface area contributed by atoms with Crippen molar-refractivity contribution in [3.8, 4) is 5.75 Å². The first-order valence-electron chi connectivity index (χ1n) is 8.91. The van der Waals surface area contributed by atoms with Gasteiger partial charge in [0.1, 0.15) is 12.3 Å². The first kappa shape index (κ1) is 22.5. The molecule has 1 aliphatic rings. The number of nitrogens with zero attached hydrogens (tertiary/aromatic N) is 3. The quantitative estimate of drug-likeness (QED) is 0.405. The average Bonchev–Trinajstić information content (AvgIpc) is 2.57. The Morgan fingerprint density at radius 3 is 2.69 bits per heavy atom. The molecule has 0 saturated carbocycles. The average molecular weight is 474 g/mol. The van der Waals surface area contributed by atoms with Crippen molar-refractivity contribution in [2.45, 2.75) is 39.8 Å². The summed E-state index contributed by atoms with van der Waals surface area (Å²) in [6, 6.07) is 6.55. The van der Waals surface area contributed by atoms with E-state index in [-0.39, 0.29) is 42.5 Å². The minimum absolute atomic E-state index is 0. The van der Waals surface area contributed by atoms with Crippen molar-refractivity contribution in [3.63, 3.8) is 0 Å². The number of fused-ring (bicyclic) bond motifs is 1. The van der Waals surface area contributed by atoms with Gasteiger partial charge in [-0.1, -0.05) is 6.07 Å². The zero-order chi connectivity index (χ0) is 18.4. The van der Waals surface area contributed by atoms with Gasteiger partial charge < -0.3 is 19.9 Å². The van der Waals surface area contributed by atoms with Crippen molar-refractivity contribution in [1.29, 1.82) is 0 Å². The molecular formula is C19H31IN4O2. The summed E-state index contributed by atoms with van der Waals surface area (Å²) in [7, 11) is 3.50. The molecule has 26 heavy (non-hydrogen) atoms. The summed E-state index contributed by atoms with van der Waals surface area (Å²) >= 11 is 0. The molecule has 0 saturated heterocycles.